The number of pyridine rings is 1. The molecule has 0 saturated heterocycles. The van der Waals surface area contributed by atoms with Crippen molar-refractivity contribution in [2.45, 2.75) is 19.5 Å². The third kappa shape index (κ3) is 2.66. The summed E-state index contributed by atoms with van der Waals surface area (Å²) in [7, 11) is 0. The normalized spacial score (nSPS) is 12.7. The van der Waals surface area contributed by atoms with E-state index in [9.17, 15) is 0 Å². The molecule has 96 valence electrons. The van der Waals surface area contributed by atoms with Gasteiger partial charge in [-0.25, -0.2) is 0 Å². The Labute approximate surface area is 112 Å². The molecule has 0 bridgehead atoms. The van der Waals surface area contributed by atoms with E-state index in [-0.39, 0.29) is 0 Å². The van der Waals surface area contributed by atoms with Crippen LogP contribution in [0.15, 0.2) is 55.0 Å². The van der Waals surface area contributed by atoms with E-state index in [4.69, 9.17) is 0 Å². The van der Waals surface area contributed by atoms with E-state index in [1.807, 2.05) is 30.7 Å². The number of benzene rings is 1. The highest BCUT2D eigenvalue weighted by Crippen LogP contribution is 2.16. The number of nitrogens with one attached hydrogen (secondary N) is 2. The number of hydrogen-bond acceptors (Lipinski definition) is 2. The van der Waals surface area contributed by atoms with Crippen LogP contribution in [0.5, 0.6) is 0 Å². The molecule has 3 aromatic rings. The Balaban J connectivity index is 1.68. The Bertz CT molecular complexity index is 658. The van der Waals surface area contributed by atoms with Crippen molar-refractivity contribution in [2.24, 2.45) is 0 Å². The van der Waals surface area contributed by atoms with Gasteiger partial charge >= 0.3 is 0 Å². The van der Waals surface area contributed by atoms with E-state index in [0.717, 1.165) is 6.54 Å². The van der Waals surface area contributed by atoms with Gasteiger partial charge < -0.3 is 10.3 Å². The van der Waals surface area contributed by atoms with Crippen LogP contribution >= 0.6 is 0 Å². The average Bonchev–Trinajstić information content (AvgIpc) is 2.93. The first kappa shape index (κ1) is 11.9. The van der Waals surface area contributed by atoms with Gasteiger partial charge in [0.15, 0.2) is 0 Å². The van der Waals surface area contributed by atoms with Crippen molar-refractivity contribution in [3.05, 3.63) is 66.1 Å². The molecule has 0 amide bonds. The lowest BCUT2D eigenvalue weighted by atomic mass is 10.1. The Morgan fingerprint density at radius 2 is 2.00 bits per heavy atom. The number of hydrogen-bond donors (Lipinski definition) is 2. The van der Waals surface area contributed by atoms with Crippen LogP contribution in [0.25, 0.3) is 10.9 Å². The Morgan fingerprint density at radius 3 is 2.84 bits per heavy atom. The van der Waals surface area contributed by atoms with Crippen LogP contribution in [0.4, 0.5) is 0 Å². The fraction of sp³-hybridized carbons (Fsp3) is 0.188. The number of fused-ring (bicyclic) bond motifs is 1. The van der Waals surface area contributed by atoms with Crippen LogP contribution in [0, 0.1) is 0 Å². The summed E-state index contributed by atoms with van der Waals surface area (Å²) >= 11 is 0. The molecule has 0 saturated carbocycles. The van der Waals surface area contributed by atoms with Crippen LogP contribution in [-0.4, -0.2) is 9.97 Å². The summed E-state index contributed by atoms with van der Waals surface area (Å²) in [5.41, 5.74) is 3.75. The summed E-state index contributed by atoms with van der Waals surface area (Å²) in [6, 6.07) is 13.0. The predicted molar refractivity (Wildman–Crippen MR) is 77.8 cm³/mol. The van der Waals surface area contributed by atoms with Gasteiger partial charge in [-0.3, -0.25) is 4.98 Å². The zero-order valence-corrected chi connectivity index (χ0v) is 10.9. The Kier molecular flexibility index (Phi) is 3.29. The second-order valence-corrected chi connectivity index (χ2v) is 4.78. The minimum atomic E-state index is 0.324. The maximum atomic E-state index is 4.04. The first-order valence-electron chi connectivity index (χ1n) is 6.52. The summed E-state index contributed by atoms with van der Waals surface area (Å²) in [4.78, 5) is 7.25. The van der Waals surface area contributed by atoms with Crippen LogP contribution in [-0.2, 0) is 6.54 Å². The van der Waals surface area contributed by atoms with E-state index in [1.165, 1.54) is 22.0 Å². The first-order chi connectivity index (χ1) is 9.33. The molecular weight excluding hydrogens is 234 g/mol. The van der Waals surface area contributed by atoms with Gasteiger partial charge in [0.1, 0.15) is 0 Å². The van der Waals surface area contributed by atoms with Crippen molar-refractivity contribution in [2.75, 3.05) is 0 Å². The van der Waals surface area contributed by atoms with Crippen molar-refractivity contribution in [3.63, 3.8) is 0 Å². The topological polar surface area (TPSA) is 40.7 Å². The number of rotatable bonds is 4. The Morgan fingerprint density at radius 1 is 1.16 bits per heavy atom. The summed E-state index contributed by atoms with van der Waals surface area (Å²) in [6.45, 7) is 3.04. The molecule has 3 rings (SSSR count). The second-order valence-electron chi connectivity index (χ2n) is 4.78. The highest BCUT2D eigenvalue weighted by Gasteiger charge is 2.04. The summed E-state index contributed by atoms with van der Waals surface area (Å²) in [5.74, 6) is 0. The van der Waals surface area contributed by atoms with Gasteiger partial charge in [0, 0.05) is 36.7 Å². The van der Waals surface area contributed by atoms with Gasteiger partial charge in [0.25, 0.3) is 0 Å². The molecule has 19 heavy (non-hydrogen) atoms. The van der Waals surface area contributed by atoms with E-state index in [2.05, 4.69) is 46.5 Å². The van der Waals surface area contributed by atoms with Crippen LogP contribution in [0.3, 0.4) is 0 Å². The standard InChI is InChI=1S/C16H17N3/c1-12(14-4-7-17-8-5-14)19-11-13-2-3-16-15(10-13)6-9-18-16/h2-10,12,18-19H,11H2,1H3/t12-/m1/s1. The molecular formula is C16H17N3. The van der Waals surface area contributed by atoms with Crippen molar-refractivity contribution < 1.29 is 0 Å². The SMILES string of the molecule is C[C@@H](NCc1ccc2[nH]ccc2c1)c1ccncc1. The summed E-state index contributed by atoms with van der Waals surface area (Å²) in [5, 5.41) is 4.79. The largest absolute Gasteiger partial charge is 0.361 e. The third-order valence-corrected chi connectivity index (χ3v) is 3.44. The monoisotopic (exact) mass is 251 g/mol. The lowest BCUT2D eigenvalue weighted by Gasteiger charge is -2.14. The molecule has 1 aromatic carbocycles. The molecule has 0 fully saturated rings. The molecule has 0 spiro atoms. The molecule has 2 aromatic heterocycles. The van der Waals surface area contributed by atoms with Crippen molar-refractivity contribution in [1.29, 1.82) is 0 Å². The van der Waals surface area contributed by atoms with Gasteiger partial charge in [0.05, 0.1) is 0 Å². The number of aromatic nitrogens is 2. The van der Waals surface area contributed by atoms with Crippen molar-refractivity contribution >= 4 is 10.9 Å². The van der Waals surface area contributed by atoms with Gasteiger partial charge in [-0.05, 0) is 53.8 Å². The van der Waals surface area contributed by atoms with E-state index >= 15 is 0 Å². The number of aromatic amines is 1. The molecule has 0 aliphatic carbocycles. The highest BCUT2D eigenvalue weighted by atomic mass is 14.9. The third-order valence-electron chi connectivity index (χ3n) is 3.44. The maximum Gasteiger partial charge on any atom is 0.0454 e. The summed E-state index contributed by atoms with van der Waals surface area (Å²) < 4.78 is 0. The van der Waals surface area contributed by atoms with Crippen LogP contribution in [0.1, 0.15) is 24.1 Å². The molecule has 2 heterocycles. The van der Waals surface area contributed by atoms with Crippen molar-refractivity contribution in [1.82, 2.24) is 15.3 Å². The average molecular weight is 251 g/mol. The first-order valence-corrected chi connectivity index (χ1v) is 6.52. The molecule has 2 N–H and O–H groups in total. The smallest absolute Gasteiger partial charge is 0.0454 e. The molecule has 3 heteroatoms. The molecule has 0 aliphatic rings. The number of nitrogens with zero attached hydrogens (tertiary/aromatic N) is 1. The lowest BCUT2D eigenvalue weighted by molar-refractivity contribution is 0.574. The fourth-order valence-electron chi connectivity index (χ4n) is 2.25. The van der Waals surface area contributed by atoms with Gasteiger partial charge in [-0.2, -0.15) is 0 Å². The molecule has 3 nitrogen and oxygen atoms in total. The molecule has 0 radical (unpaired) electrons. The molecule has 0 aliphatic heterocycles. The van der Waals surface area contributed by atoms with Crippen molar-refractivity contribution in [3.8, 4) is 0 Å². The van der Waals surface area contributed by atoms with Crippen LogP contribution in [0.2, 0.25) is 0 Å². The van der Waals surface area contributed by atoms with E-state index in [1.54, 1.807) is 0 Å². The minimum Gasteiger partial charge on any atom is -0.361 e. The molecule has 1 atom stereocenters. The predicted octanol–water partition coefficient (Wildman–Crippen LogP) is 3.41. The van der Waals surface area contributed by atoms with E-state index < -0.39 is 0 Å². The zero-order valence-electron chi connectivity index (χ0n) is 10.9. The highest BCUT2D eigenvalue weighted by molar-refractivity contribution is 5.79. The summed E-state index contributed by atoms with van der Waals surface area (Å²) in [6.07, 6.45) is 5.64. The van der Waals surface area contributed by atoms with Crippen LogP contribution < -0.4 is 5.32 Å². The van der Waals surface area contributed by atoms with Gasteiger partial charge in [-0.15, -0.1) is 0 Å². The number of H-pyrrole nitrogens is 1. The zero-order chi connectivity index (χ0) is 13.1. The van der Waals surface area contributed by atoms with Gasteiger partial charge in [-0.1, -0.05) is 6.07 Å². The molecule has 0 unspecified atom stereocenters. The lowest BCUT2D eigenvalue weighted by Crippen LogP contribution is -2.17. The Hall–Kier alpha value is -2.13. The maximum absolute atomic E-state index is 4.04. The van der Waals surface area contributed by atoms with E-state index in [0.29, 0.717) is 6.04 Å². The van der Waals surface area contributed by atoms with Gasteiger partial charge in [0.2, 0.25) is 0 Å². The minimum absolute atomic E-state index is 0.324. The fourth-order valence-corrected chi connectivity index (χ4v) is 2.25. The second kappa shape index (κ2) is 5.24. The quantitative estimate of drug-likeness (QED) is 0.746.